The number of hydrogen-bond acceptors (Lipinski definition) is 1. The van der Waals surface area contributed by atoms with E-state index >= 15 is 0 Å². The van der Waals surface area contributed by atoms with Gasteiger partial charge in [0.15, 0.2) is 12.4 Å². The van der Waals surface area contributed by atoms with E-state index in [0.29, 0.717) is 0 Å². The molecule has 0 atom stereocenters. The van der Waals surface area contributed by atoms with E-state index in [0.717, 1.165) is 11.6 Å². The minimum absolute atomic E-state index is 0.877. The molecule has 0 saturated heterocycles. The third-order valence-corrected chi connectivity index (χ3v) is 1.38. The summed E-state index contributed by atoms with van der Waals surface area (Å²) in [5, 5.41) is 8.35. The van der Waals surface area contributed by atoms with Crippen LogP contribution in [0.5, 0.6) is 0 Å². The molecule has 0 fully saturated rings. The second-order valence-electron chi connectivity index (χ2n) is 2.47. The molecule has 1 aromatic rings. The number of nitrogens with zero attached hydrogens (tertiary/aromatic N) is 1. The van der Waals surface area contributed by atoms with Gasteiger partial charge in [0.1, 0.15) is 7.05 Å². The molecular formula is C9H10NO2+. The van der Waals surface area contributed by atoms with Crippen LogP contribution in [-0.2, 0) is 11.8 Å². The third-order valence-electron chi connectivity index (χ3n) is 1.38. The Kier molecular flexibility index (Phi) is 2.58. The van der Waals surface area contributed by atoms with Gasteiger partial charge >= 0.3 is 5.97 Å². The zero-order valence-corrected chi connectivity index (χ0v) is 6.77. The van der Waals surface area contributed by atoms with Crippen LogP contribution in [-0.4, -0.2) is 11.1 Å². The number of aromatic nitrogens is 1. The molecule has 0 aromatic carbocycles. The van der Waals surface area contributed by atoms with E-state index in [2.05, 4.69) is 0 Å². The second kappa shape index (κ2) is 3.67. The Morgan fingerprint density at radius 3 is 3.00 bits per heavy atom. The number of carbonyl (C=O) groups is 1. The summed E-state index contributed by atoms with van der Waals surface area (Å²) in [5.41, 5.74) is 0.877. The van der Waals surface area contributed by atoms with Crippen LogP contribution in [0.2, 0.25) is 0 Å². The maximum Gasteiger partial charge on any atom is 0.328 e. The van der Waals surface area contributed by atoms with Crippen molar-refractivity contribution in [3.05, 3.63) is 36.2 Å². The SMILES string of the molecule is C[n+]1cccc(/C=C/C(=O)O)c1. The molecule has 62 valence electrons. The summed E-state index contributed by atoms with van der Waals surface area (Å²) in [6.45, 7) is 0. The number of carboxylic acids is 1. The highest BCUT2D eigenvalue weighted by atomic mass is 16.4. The van der Waals surface area contributed by atoms with Gasteiger partial charge in [-0.1, -0.05) is 0 Å². The molecular weight excluding hydrogens is 154 g/mol. The van der Waals surface area contributed by atoms with E-state index in [-0.39, 0.29) is 0 Å². The van der Waals surface area contributed by atoms with Crippen molar-refractivity contribution in [2.75, 3.05) is 0 Å². The molecule has 0 aliphatic rings. The van der Waals surface area contributed by atoms with Crippen LogP contribution in [0.4, 0.5) is 0 Å². The quantitative estimate of drug-likeness (QED) is 0.514. The monoisotopic (exact) mass is 164 g/mol. The lowest BCUT2D eigenvalue weighted by Crippen LogP contribution is -2.26. The van der Waals surface area contributed by atoms with Crippen LogP contribution in [0.3, 0.4) is 0 Å². The van der Waals surface area contributed by atoms with Crippen LogP contribution in [0.25, 0.3) is 6.08 Å². The number of rotatable bonds is 2. The summed E-state index contributed by atoms with van der Waals surface area (Å²) in [7, 11) is 1.89. The summed E-state index contributed by atoms with van der Waals surface area (Å²) in [6, 6.07) is 3.71. The minimum Gasteiger partial charge on any atom is -0.478 e. The van der Waals surface area contributed by atoms with Crippen LogP contribution in [0, 0.1) is 0 Å². The number of pyridine rings is 1. The number of aliphatic carboxylic acids is 1. The average molecular weight is 164 g/mol. The Labute approximate surface area is 70.6 Å². The van der Waals surface area contributed by atoms with E-state index in [1.165, 1.54) is 0 Å². The lowest BCUT2D eigenvalue weighted by molar-refractivity contribution is -0.671. The fourth-order valence-corrected chi connectivity index (χ4v) is 0.877. The Bertz CT molecular complexity index is 318. The Balaban J connectivity index is 2.83. The first-order chi connectivity index (χ1) is 5.68. The van der Waals surface area contributed by atoms with Crippen molar-refractivity contribution in [2.24, 2.45) is 7.05 Å². The highest BCUT2D eigenvalue weighted by molar-refractivity contribution is 5.85. The molecule has 0 unspecified atom stereocenters. The van der Waals surface area contributed by atoms with E-state index < -0.39 is 5.97 Å². The minimum atomic E-state index is -0.929. The maximum atomic E-state index is 10.2. The standard InChI is InChI=1S/C9H9NO2/c1-10-6-2-3-8(7-10)4-5-9(11)12/h2-7H,1H3/p+1/b5-4+. The molecule has 12 heavy (non-hydrogen) atoms. The van der Waals surface area contributed by atoms with Crippen LogP contribution in [0.15, 0.2) is 30.6 Å². The smallest absolute Gasteiger partial charge is 0.328 e. The van der Waals surface area contributed by atoms with Crippen LogP contribution in [0.1, 0.15) is 5.56 Å². The second-order valence-corrected chi connectivity index (χ2v) is 2.47. The molecule has 0 spiro atoms. The maximum absolute atomic E-state index is 10.2. The normalized spacial score (nSPS) is 10.4. The van der Waals surface area contributed by atoms with Gasteiger partial charge in [0.05, 0.1) is 0 Å². The van der Waals surface area contributed by atoms with Crippen molar-refractivity contribution in [3.63, 3.8) is 0 Å². The Morgan fingerprint density at radius 1 is 1.67 bits per heavy atom. The molecule has 0 aliphatic heterocycles. The summed E-state index contributed by atoms with van der Waals surface area (Å²) >= 11 is 0. The number of hydrogen-bond donors (Lipinski definition) is 1. The molecule has 1 rings (SSSR count). The zero-order valence-electron chi connectivity index (χ0n) is 6.77. The molecule has 0 aliphatic carbocycles. The van der Waals surface area contributed by atoms with Gasteiger partial charge < -0.3 is 5.11 Å². The molecule has 0 saturated carbocycles. The summed E-state index contributed by atoms with van der Waals surface area (Å²) in [5.74, 6) is -0.929. The van der Waals surface area contributed by atoms with E-state index in [1.807, 2.05) is 36.1 Å². The fourth-order valence-electron chi connectivity index (χ4n) is 0.877. The predicted octanol–water partition coefficient (Wildman–Crippen LogP) is 0.609. The number of aryl methyl sites for hydroxylation is 1. The van der Waals surface area contributed by atoms with Crippen molar-refractivity contribution in [1.29, 1.82) is 0 Å². The van der Waals surface area contributed by atoms with Crippen molar-refractivity contribution in [3.8, 4) is 0 Å². The first-order valence-corrected chi connectivity index (χ1v) is 3.55. The summed E-state index contributed by atoms with van der Waals surface area (Å²) < 4.78 is 1.86. The topological polar surface area (TPSA) is 41.2 Å². The van der Waals surface area contributed by atoms with Crippen molar-refractivity contribution in [1.82, 2.24) is 0 Å². The van der Waals surface area contributed by atoms with E-state index in [4.69, 9.17) is 5.11 Å². The molecule has 3 heteroatoms. The lowest BCUT2D eigenvalue weighted by Gasteiger charge is -1.88. The Hall–Kier alpha value is -1.64. The van der Waals surface area contributed by atoms with Gasteiger partial charge in [-0.2, -0.15) is 0 Å². The molecule has 0 bridgehead atoms. The van der Waals surface area contributed by atoms with Gasteiger partial charge in [0.2, 0.25) is 0 Å². The molecule has 0 amide bonds. The first kappa shape index (κ1) is 8.46. The zero-order chi connectivity index (χ0) is 8.97. The highest BCUT2D eigenvalue weighted by Crippen LogP contribution is 1.96. The van der Waals surface area contributed by atoms with Gasteiger partial charge in [0, 0.05) is 17.7 Å². The summed E-state index contributed by atoms with van der Waals surface area (Å²) in [6.07, 6.45) is 6.41. The first-order valence-electron chi connectivity index (χ1n) is 3.55. The molecule has 1 heterocycles. The molecule has 0 radical (unpaired) electrons. The fraction of sp³-hybridized carbons (Fsp3) is 0.111. The van der Waals surface area contributed by atoms with Gasteiger partial charge in [0.25, 0.3) is 0 Å². The molecule has 1 N–H and O–H groups in total. The van der Waals surface area contributed by atoms with Crippen molar-refractivity contribution >= 4 is 12.0 Å². The largest absolute Gasteiger partial charge is 0.478 e. The van der Waals surface area contributed by atoms with Gasteiger partial charge in [-0.05, 0) is 12.1 Å². The predicted molar refractivity (Wildman–Crippen MR) is 44.3 cm³/mol. The van der Waals surface area contributed by atoms with E-state index in [1.54, 1.807) is 6.08 Å². The van der Waals surface area contributed by atoms with Crippen LogP contribution < -0.4 is 4.57 Å². The van der Waals surface area contributed by atoms with Gasteiger partial charge in [-0.15, -0.1) is 0 Å². The summed E-state index contributed by atoms with van der Waals surface area (Å²) in [4.78, 5) is 10.2. The van der Waals surface area contributed by atoms with Crippen molar-refractivity contribution in [2.45, 2.75) is 0 Å². The lowest BCUT2D eigenvalue weighted by atomic mass is 10.2. The van der Waals surface area contributed by atoms with Crippen molar-refractivity contribution < 1.29 is 14.5 Å². The van der Waals surface area contributed by atoms with Crippen LogP contribution >= 0.6 is 0 Å². The third kappa shape index (κ3) is 2.54. The number of carboxylic acid groups (broad SMARTS) is 1. The molecule has 1 aromatic heterocycles. The molecule has 3 nitrogen and oxygen atoms in total. The Morgan fingerprint density at radius 2 is 2.42 bits per heavy atom. The van der Waals surface area contributed by atoms with E-state index in [9.17, 15) is 4.79 Å². The highest BCUT2D eigenvalue weighted by Gasteiger charge is 1.93. The van der Waals surface area contributed by atoms with Gasteiger partial charge in [-0.3, -0.25) is 0 Å². The van der Waals surface area contributed by atoms with Gasteiger partial charge in [-0.25, -0.2) is 9.36 Å². The average Bonchev–Trinajstić information content (AvgIpc) is 2.01.